The molecule has 1 radical (unpaired) electrons. The van der Waals surface area contributed by atoms with Gasteiger partial charge in [0.25, 0.3) is 0 Å². The number of rotatable bonds is 1. The zero-order valence-corrected chi connectivity index (χ0v) is 8.14. The van der Waals surface area contributed by atoms with E-state index in [0.717, 1.165) is 16.7 Å². The summed E-state index contributed by atoms with van der Waals surface area (Å²) in [5.74, 6) is 0. The standard InChI is InChI=1S/C11H15O/c1-7-5-6-8(2)11(9(7)3)10(4)12/h5-6,10H,1-4H3. The molecule has 1 heteroatoms. The SMILES string of the molecule is Cc1ccc(C)c(C(C)[O])c1C. The molecule has 0 aliphatic rings. The maximum atomic E-state index is 11.3. The summed E-state index contributed by atoms with van der Waals surface area (Å²) in [7, 11) is 0. The summed E-state index contributed by atoms with van der Waals surface area (Å²) in [4.78, 5) is 0. The van der Waals surface area contributed by atoms with Crippen LogP contribution in [0, 0.1) is 20.8 Å². The maximum absolute atomic E-state index is 11.3. The Bertz CT molecular complexity index is 287. The van der Waals surface area contributed by atoms with Gasteiger partial charge < -0.3 is 0 Å². The van der Waals surface area contributed by atoms with Gasteiger partial charge in [0.2, 0.25) is 0 Å². The Hall–Kier alpha value is -0.820. The summed E-state index contributed by atoms with van der Waals surface area (Å²) < 4.78 is 0. The summed E-state index contributed by atoms with van der Waals surface area (Å²) in [5.41, 5.74) is 4.44. The molecule has 0 aromatic heterocycles. The molecule has 1 aromatic carbocycles. The minimum atomic E-state index is -0.607. The van der Waals surface area contributed by atoms with Gasteiger partial charge in [0.15, 0.2) is 0 Å². The van der Waals surface area contributed by atoms with Gasteiger partial charge in [-0.25, -0.2) is 5.11 Å². The molecule has 0 N–H and O–H groups in total. The molecule has 0 bridgehead atoms. The molecule has 0 aliphatic heterocycles. The van der Waals surface area contributed by atoms with Crippen molar-refractivity contribution in [1.82, 2.24) is 0 Å². The lowest BCUT2D eigenvalue weighted by molar-refractivity contribution is 0.105. The van der Waals surface area contributed by atoms with E-state index in [2.05, 4.69) is 6.07 Å². The lowest BCUT2D eigenvalue weighted by Gasteiger charge is -2.12. The van der Waals surface area contributed by atoms with Crippen molar-refractivity contribution in [2.24, 2.45) is 0 Å². The van der Waals surface area contributed by atoms with Crippen LogP contribution in [0.2, 0.25) is 0 Å². The van der Waals surface area contributed by atoms with Crippen LogP contribution in [-0.4, -0.2) is 0 Å². The van der Waals surface area contributed by atoms with Gasteiger partial charge in [-0.15, -0.1) is 0 Å². The van der Waals surface area contributed by atoms with Gasteiger partial charge in [0.1, 0.15) is 6.10 Å². The topological polar surface area (TPSA) is 19.9 Å². The molecule has 0 heterocycles. The summed E-state index contributed by atoms with van der Waals surface area (Å²) in [5, 5.41) is 11.3. The third kappa shape index (κ3) is 1.51. The largest absolute Gasteiger partial charge is 0.228 e. The fourth-order valence-electron chi connectivity index (χ4n) is 1.60. The number of benzene rings is 1. The first-order valence-corrected chi connectivity index (χ1v) is 4.26. The Morgan fingerprint density at radius 3 is 2.00 bits per heavy atom. The van der Waals surface area contributed by atoms with Crippen LogP contribution < -0.4 is 0 Å². The van der Waals surface area contributed by atoms with E-state index in [4.69, 9.17) is 0 Å². The minimum absolute atomic E-state index is 0.607. The molecule has 1 aromatic rings. The van der Waals surface area contributed by atoms with Crippen molar-refractivity contribution in [2.45, 2.75) is 33.8 Å². The van der Waals surface area contributed by atoms with Gasteiger partial charge in [-0.05, 0) is 49.9 Å². The minimum Gasteiger partial charge on any atom is -0.228 e. The average Bonchev–Trinajstić information content (AvgIpc) is 1.97. The third-order valence-corrected chi connectivity index (χ3v) is 2.41. The fraction of sp³-hybridized carbons (Fsp3) is 0.455. The quantitative estimate of drug-likeness (QED) is 0.606. The molecule has 1 nitrogen and oxygen atoms in total. The summed E-state index contributed by atoms with van der Waals surface area (Å²) in [6, 6.07) is 4.09. The van der Waals surface area contributed by atoms with E-state index in [1.807, 2.05) is 26.8 Å². The molecule has 1 unspecified atom stereocenters. The predicted octanol–water partition coefficient (Wildman–Crippen LogP) is 3.10. The Balaban J connectivity index is 3.33. The molecule has 0 saturated carbocycles. The highest BCUT2D eigenvalue weighted by Gasteiger charge is 2.10. The highest BCUT2D eigenvalue weighted by Crippen LogP contribution is 2.24. The van der Waals surface area contributed by atoms with E-state index >= 15 is 0 Å². The van der Waals surface area contributed by atoms with Crippen LogP contribution in [0.5, 0.6) is 0 Å². The van der Waals surface area contributed by atoms with Gasteiger partial charge in [0.05, 0.1) is 0 Å². The smallest absolute Gasteiger partial charge is 0.116 e. The summed E-state index contributed by atoms with van der Waals surface area (Å²) in [6.45, 7) is 7.76. The van der Waals surface area contributed by atoms with Crippen molar-refractivity contribution >= 4 is 0 Å². The Morgan fingerprint density at radius 1 is 1.08 bits per heavy atom. The van der Waals surface area contributed by atoms with E-state index in [1.165, 1.54) is 5.56 Å². The molecule has 0 amide bonds. The van der Waals surface area contributed by atoms with Crippen molar-refractivity contribution in [3.05, 3.63) is 34.4 Å². The van der Waals surface area contributed by atoms with Gasteiger partial charge >= 0.3 is 0 Å². The lowest BCUT2D eigenvalue weighted by atomic mass is 9.95. The molecule has 65 valence electrons. The Morgan fingerprint density at radius 2 is 1.58 bits per heavy atom. The van der Waals surface area contributed by atoms with Crippen molar-refractivity contribution in [3.8, 4) is 0 Å². The second kappa shape index (κ2) is 3.28. The summed E-state index contributed by atoms with van der Waals surface area (Å²) in [6.07, 6.45) is -0.607. The second-order valence-corrected chi connectivity index (χ2v) is 3.38. The van der Waals surface area contributed by atoms with Crippen molar-refractivity contribution < 1.29 is 5.11 Å². The lowest BCUT2D eigenvalue weighted by Crippen LogP contribution is -1.99. The molecule has 1 atom stereocenters. The highest BCUT2D eigenvalue weighted by molar-refractivity contribution is 5.40. The molecule has 0 spiro atoms. The van der Waals surface area contributed by atoms with Crippen LogP contribution in [0.1, 0.15) is 35.3 Å². The van der Waals surface area contributed by atoms with Crippen molar-refractivity contribution in [2.75, 3.05) is 0 Å². The van der Waals surface area contributed by atoms with Crippen molar-refractivity contribution in [3.63, 3.8) is 0 Å². The average molecular weight is 163 g/mol. The number of hydrogen-bond donors (Lipinski definition) is 0. The zero-order chi connectivity index (χ0) is 9.30. The highest BCUT2D eigenvalue weighted by atomic mass is 16.3. The molecule has 0 fully saturated rings. The molecule has 12 heavy (non-hydrogen) atoms. The van der Waals surface area contributed by atoms with E-state index in [0.29, 0.717) is 0 Å². The summed E-state index contributed by atoms with van der Waals surface area (Å²) >= 11 is 0. The van der Waals surface area contributed by atoms with Crippen molar-refractivity contribution in [1.29, 1.82) is 0 Å². The van der Waals surface area contributed by atoms with E-state index in [1.54, 1.807) is 6.92 Å². The normalized spacial score (nSPS) is 13.1. The molecule has 1 rings (SSSR count). The van der Waals surface area contributed by atoms with Crippen LogP contribution >= 0.6 is 0 Å². The monoisotopic (exact) mass is 163 g/mol. The number of hydrogen-bond acceptors (Lipinski definition) is 0. The third-order valence-electron chi connectivity index (χ3n) is 2.41. The van der Waals surface area contributed by atoms with Gasteiger partial charge in [-0.3, -0.25) is 0 Å². The van der Waals surface area contributed by atoms with Crippen LogP contribution in [-0.2, 0) is 5.11 Å². The van der Waals surface area contributed by atoms with E-state index < -0.39 is 6.10 Å². The number of aryl methyl sites for hydroxylation is 2. The van der Waals surface area contributed by atoms with Gasteiger partial charge in [-0.1, -0.05) is 12.1 Å². The Labute approximate surface area is 74.1 Å². The molecule has 0 aliphatic carbocycles. The van der Waals surface area contributed by atoms with Crippen LogP contribution in [0.3, 0.4) is 0 Å². The van der Waals surface area contributed by atoms with Gasteiger partial charge in [0, 0.05) is 0 Å². The zero-order valence-electron chi connectivity index (χ0n) is 8.14. The molecular formula is C11H15O. The maximum Gasteiger partial charge on any atom is 0.116 e. The first-order valence-electron chi connectivity index (χ1n) is 4.26. The Kier molecular flexibility index (Phi) is 2.53. The predicted molar refractivity (Wildman–Crippen MR) is 49.8 cm³/mol. The molecule has 0 saturated heterocycles. The van der Waals surface area contributed by atoms with E-state index in [-0.39, 0.29) is 0 Å². The fourth-order valence-corrected chi connectivity index (χ4v) is 1.60. The van der Waals surface area contributed by atoms with Crippen LogP contribution in [0.4, 0.5) is 0 Å². The van der Waals surface area contributed by atoms with Crippen LogP contribution in [0.25, 0.3) is 0 Å². The first kappa shape index (κ1) is 9.27. The second-order valence-electron chi connectivity index (χ2n) is 3.38. The first-order chi connectivity index (χ1) is 5.54. The van der Waals surface area contributed by atoms with E-state index in [9.17, 15) is 5.11 Å². The van der Waals surface area contributed by atoms with Crippen LogP contribution in [0.15, 0.2) is 12.1 Å². The molecular weight excluding hydrogens is 148 g/mol. The van der Waals surface area contributed by atoms with Gasteiger partial charge in [-0.2, -0.15) is 0 Å².